The number of carbonyl (C=O) groups is 2. The molecule has 0 atom stereocenters. The molecule has 0 fully saturated rings. The van der Waals surface area contributed by atoms with Gasteiger partial charge in [0, 0.05) is 22.4 Å². The Labute approximate surface area is 183 Å². The Hall–Kier alpha value is -2.93. The van der Waals surface area contributed by atoms with Crippen molar-refractivity contribution in [3.8, 4) is 5.75 Å². The van der Waals surface area contributed by atoms with E-state index >= 15 is 0 Å². The molecule has 0 aromatic heterocycles. The summed E-state index contributed by atoms with van der Waals surface area (Å²) in [5.74, 6) is 0.685. The maximum atomic E-state index is 12.4. The number of benzene rings is 2. The minimum Gasteiger partial charge on any atom is -0.493 e. The normalized spacial score (nSPS) is 11.0. The molecule has 2 aromatic rings. The summed E-state index contributed by atoms with van der Waals surface area (Å²) < 4.78 is 5.62. The van der Waals surface area contributed by atoms with Crippen molar-refractivity contribution in [3.63, 3.8) is 0 Å². The van der Waals surface area contributed by atoms with Crippen LogP contribution in [0.1, 0.15) is 55.3 Å². The van der Waals surface area contributed by atoms with Crippen molar-refractivity contribution < 1.29 is 14.3 Å². The first-order chi connectivity index (χ1) is 14.0. The van der Waals surface area contributed by atoms with E-state index in [0.717, 1.165) is 5.75 Å². The summed E-state index contributed by atoms with van der Waals surface area (Å²) in [6.45, 7) is 10.5. The smallest absolute Gasteiger partial charge is 0.257 e. The molecule has 0 heterocycles. The maximum Gasteiger partial charge on any atom is 0.257 e. The van der Waals surface area contributed by atoms with Gasteiger partial charge in [-0.15, -0.1) is 0 Å². The number of anilines is 1. The van der Waals surface area contributed by atoms with Gasteiger partial charge in [-0.2, -0.15) is 0 Å². The molecule has 6 nitrogen and oxygen atoms in total. The SMILES string of the molecule is CC(C)COc1ccc(C(=O)NC(=S)Nc2ccc(C(=O)NC(C)(C)C)cc2)cc1. The number of thiocarbonyl (C=S) groups is 1. The molecule has 0 radical (unpaired) electrons. The summed E-state index contributed by atoms with van der Waals surface area (Å²) in [7, 11) is 0. The van der Waals surface area contributed by atoms with E-state index in [2.05, 4.69) is 29.8 Å². The summed E-state index contributed by atoms with van der Waals surface area (Å²) in [6, 6.07) is 13.8. The molecular formula is C23H29N3O3S. The third-order valence-electron chi connectivity index (χ3n) is 3.82. The maximum absolute atomic E-state index is 12.4. The number of rotatable bonds is 6. The van der Waals surface area contributed by atoms with Gasteiger partial charge in [0.15, 0.2) is 5.11 Å². The molecular weight excluding hydrogens is 398 g/mol. The lowest BCUT2D eigenvalue weighted by molar-refractivity contribution is 0.0918. The molecule has 2 aromatic carbocycles. The Kier molecular flexibility index (Phi) is 7.94. The number of ether oxygens (including phenoxy) is 1. The molecule has 0 bridgehead atoms. The molecule has 30 heavy (non-hydrogen) atoms. The second kappa shape index (κ2) is 10.2. The van der Waals surface area contributed by atoms with Crippen LogP contribution in [-0.2, 0) is 0 Å². The first-order valence-corrected chi connectivity index (χ1v) is 10.2. The predicted molar refractivity (Wildman–Crippen MR) is 124 cm³/mol. The third-order valence-corrected chi connectivity index (χ3v) is 4.02. The predicted octanol–water partition coefficient (Wildman–Crippen LogP) is 4.38. The Bertz CT molecular complexity index is 885. The molecule has 0 aliphatic rings. The molecule has 0 saturated carbocycles. The minimum absolute atomic E-state index is 0.147. The summed E-state index contributed by atoms with van der Waals surface area (Å²) in [6.07, 6.45) is 0. The van der Waals surface area contributed by atoms with Crippen molar-refractivity contribution >= 4 is 34.8 Å². The largest absolute Gasteiger partial charge is 0.493 e. The Morgan fingerprint density at radius 2 is 1.47 bits per heavy atom. The van der Waals surface area contributed by atoms with Gasteiger partial charge < -0.3 is 15.4 Å². The zero-order valence-electron chi connectivity index (χ0n) is 18.0. The number of hydrogen-bond donors (Lipinski definition) is 3. The van der Waals surface area contributed by atoms with Crippen LogP contribution in [0.4, 0.5) is 5.69 Å². The molecule has 0 spiro atoms. The lowest BCUT2D eigenvalue weighted by Crippen LogP contribution is -2.40. The Morgan fingerprint density at radius 1 is 0.933 bits per heavy atom. The van der Waals surface area contributed by atoms with Crippen LogP contribution in [0.3, 0.4) is 0 Å². The molecule has 0 aliphatic carbocycles. The molecule has 0 saturated heterocycles. The quantitative estimate of drug-likeness (QED) is 0.597. The van der Waals surface area contributed by atoms with Crippen LogP contribution in [0.2, 0.25) is 0 Å². The zero-order chi connectivity index (χ0) is 22.3. The van der Waals surface area contributed by atoms with Gasteiger partial charge in [-0.25, -0.2) is 0 Å². The van der Waals surface area contributed by atoms with E-state index in [9.17, 15) is 9.59 Å². The Morgan fingerprint density at radius 3 is 2.00 bits per heavy atom. The van der Waals surface area contributed by atoms with Gasteiger partial charge in [0.25, 0.3) is 11.8 Å². The fourth-order valence-corrected chi connectivity index (χ4v) is 2.63. The first kappa shape index (κ1) is 23.3. The highest BCUT2D eigenvalue weighted by Crippen LogP contribution is 2.14. The molecule has 160 valence electrons. The van der Waals surface area contributed by atoms with Crippen molar-refractivity contribution in [1.29, 1.82) is 0 Å². The van der Waals surface area contributed by atoms with E-state index in [1.165, 1.54) is 0 Å². The monoisotopic (exact) mass is 427 g/mol. The van der Waals surface area contributed by atoms with Crippen molar-refractivity contribution in [2.24, 2.45) is 5.92 Å². The van der Waals surface area contributed by atoms with E-state index < -0.39 is 0 Å². The summed E-state index contributed by atoms with van der Waals surface area (Å²) >= 11 is 5.22. The van der Waals surface area contributed by atoms with Crippen LogP contribution in [0.25, 0.3) is 0 Å². The van der Waals surface area contributed by atoms with Gasteiger partial charge >= 0.3 is 0 Å². The van der Waals surface area contributed by atoms with Crippen LogP contribution >= 0.6 is 12.2 Å². The summed E-state index contributed by atoms with van der Waals surface area (Å²) in [5, 5.41) is 8.67. The van der Waals surface area contributed by atoms with Crippen LogP contribution in [-0.4, -0.2) is 29.1 Å². The topological polar surface area (TPSA) is 79.5 Å². The molecule has 0 aliphatic heterocycles. The van der Waals surface area contributed by atoms with Crippen LogP contribution in [0.15, 0.2) is 48.5 Å². The number of carbonyl (C=O) groups excluding carboxylic acids is 2. The highest BCUT2D eigenvalue weighted by molar-refractivity contribution is 7.80. The van der Waals surface area contributed by atoms with E-state index in [4.69, 9.17) is 17.0 Å². The second-order valence-corrected chi connectivity index (χ2v) is 8.83. The highest BCUT2D eigenvalue weighted by atomic mass is 32.1. The number of nitrogens with one attached hydrogen (secondary N) is 3. The lowest BCUT2D eigenvalue weighted by Gasteiger charge is -2.20. The van der Waals surface area contributed by atoms with Crippen molar-refractivity contribution in [2.75, 3.05) is 11.9 Å². The van der Waals surface area contributed by atoms with E-state index in [1.54, 1.807) is 48.5 Å². The van der Waals surface area contributed by atoms with Gasteiger partial charge in [0.05, 0.1) is 6.61 Å². The lowest BCUT2D eigenvalue weighted by atomic mass is 10.1. The average molecular weight is 428 g/mol. The van der Waals surface area contributed by atoms with Crippen molar-refractivity contribution in [3.05, 3.63) is 59.7 Å². The van der Waals surface area contributed by atoms with E-state index in [1.807, 2.05) is 20.8 Å². The fraction of sp³-hybridized carbons (Fsp3) is 0.348. The van der Waals surface area contributed by atoms with Crippen LogP contribution in [0.5, 0.6) is 5.75 Å². The zero-order valence-corrected chi connectivity index (χ0v) is 18.9. The van der Waals surface area contributed by atoms with Crippen LogP contribution < -0.4 is 20.7 Å². The van der Waals surface area contributed by atoms with Gasteiger partial charge in [-0.05, 0) is 87.4 Å². The minimum atomic E-state index is -0.316. The average Bonchev–Trinajstić information content (AvgIpc) is 2.65. The summed E-state index contributed by atoms with van der Waals surface area (Å²) in [5.41, 5.74) is 1.39. The van der Waals surface area contributed by atoms with Gasteiger partial charge in [-0.1, -0.05) is 13.8 Å². The standard InChI is InChI=1S/C23H29N3O3S/c1-15(2)14-29-19-12-8-16(9-13-19)20(27)25-22(30)24-18-10-6-17(7-11-18)21(28)26-23(3,4)5/h6-13,15H,14H2,1-5H3,(H,26,28)(H2,24,25,27,30). The van der Waals surface area contributed by atoms with E-state index in [0.29, 0.717) is 29.3 Å². The summed E-state index contributed by atoms with van der Waals surface area (Å²) in [4.78, 5) is 24.5. The molecule has 7 heteroatoms. The third kappa shape index (κ3) is 7.83. The molecule has 2 rings (SSSR count). The highest BCUT2D eigenvalue weighted by Gasteiger charge is 2.15. The van der Waals surface area contributed by atoms with Crippen LogP contribution in [0, 0.1) is 5.92 Å². The Balaban J connectivity index is 1.89. The fourth-order valence-electron chi connectivity index (χ4n) is 2.42. The van der Waals surface area contributed by atoms with E-state index in [-0.39, 0.29) is 22.5 Å². The van der Waals surface area contributed by atoms with Gasteiger partial charge in [0.1, 0.15) is 5.75 Å². The van der Waals surface area contributed by atoms with Gasteiger partial charge in [0.2, 0.25) is 0 Å². The molecule has 3 N–H and O–H groups in total. The first-order valence-electron chi connectivity index (χ1n) is 9.81. The number of hydrogen-bond acceptors (Lipinski definition) is 4. The molecule has 0 unspecified atom stereocenters. The van der Waals surface area contributed by atoms with Gasteiger partial charge in [-0.3, -0.25) is 14.9 Å². The van der Waals surface area contributed by atoms with Crippen molar-refractivity contribution in [1.82, 2.24) is 10.6 Å². The van der Waals surface area contributed by atoms with Crippen molar-refractivity contribution in [2.45, 2.75) is 40.2 Å². The molecule has 2 amide bonds. The number of amides is 2. The second-order valence-electron chi connectivity index (χ2n) is 8.42.